The van der Waals surface area contributed by atoms with Gasteiger partial charge in [-0.15, -0.1) is 11.3 Å². The maximum atomic E-state index is 12.5. The van der Waals surface area contributed by atoms with Crippen molar-refractivity contribution < 1.29 is 18.0 Å². The number of carbonyl (C=O) groups is 1. The molecule has 0 N–H and O–H groups in total. The molecule has 1 aromatic carbocycles. The Balaban J connectivity index is 1.98. The van der Waals surface area contributed by atoms with Gasteiger partial charge >= 0.3 is 6.18 Å². The van der Waals surface area contributed by atoms with E-state index in [-0.39, 0.29) is 4.88 Å². The van der Waals surface area contributed by atoms with E-state index in [0.717, 1.165) is 11.6 Å². The van der Waals surface area contributed by atoms with Crippen molar-refractivity contribution >= 4 is 28.0 Å². The molecule has 0 unspecified atom stereocenters. The molecule has 0 atom stereocenters. The highest BCUT2D eigenvalue weighted by Gasteiger charge is 2.35. The van der Waals surface area contributed by atoms with Crippen molar-refractivity contribution in [2.75, 3.05) is 0 Å². The number of ketones is 1. The van der Waals surface area contributed by atoms with Gasteiger partial charge in [0, 0.05) is 23.3 Å². The monoisotopic (exact) mass is 308 g/mol. The van der Waals surface area contributed by atoms with E-state index in [2.05, 4.69) is 9.97 Å². The largest absolute Gasteiger partial charge is 0.443 e. The zero-order valence-electron chi connectivity index (χ0n) is 10.4. The van der Waals surface area contributed by atoms with Crippen LogP contribution in [-0.4, -0.2) is 15.8 Å². The first-order valence-electron chi connectivity index (χ1n) is 5.87. The van der Waals surface area contributed by atoms with Gasteiger partial charge in [-0.05, 0) is 24.3 Å². The lowest BCUT2D eigenvalue weighted by atomic mass is 10.1. The summed E-state index contributed by atoms with van der Waals surface area (Å²) in [6.45, 7) is 0. The highest BCUT2D eigenvalue weighted by molar-refractivity contribution is 7.14. The second kappa shape index (κ2) is 4.92. The van der Waals surface area contributed by atoms with Gasteiger partial charge in [0.25, 0.3) is 0 Å². The van der Waals surface area contributed by atoms with Crippen LogP contribution in [0.5, 0.6) is 0 Å². The summed E-state index contributed by atoms with van der Waals surface area (Å²) in [5.74, 6) is -0.478. The van der Waals surface area contributed by atoms with Crippen LogP contribution in [0.4, 0.5) is 13.2 Å². The molecule has 0 bridgehead atoms. The van der Waals surface area contributed by atoms with Crippen molar-refractivity contribution in [1.82, 2.24) is 9.97 Å². The van der Waals surface area contributed by atoms with Crippen molar-refractivity contribution in [3.8, 4) is 0 Å². The average molecular weight is 308 g/mol. The number of nitrogens with zero attached hydrogens (tertiary/aromatic N) is 2. The predicted molar refractivity (Wildman–Crippen MR) is 72.3 cm³/mol. The van der Waals surface area contributed by atoms with Crippen LogP contribution in [-0.2, 0) is 6.18 Å². The number of hydrogen-bond donors (Lipinski definition) is 0. The van der Waals surface area contributed by atoms with Gasteiger partial charge in [0.1, 0.15) is 0 Å². The zero-order chi connectivity index (χ0) is 15.0. The van der Waals surface area contributed by atoms with Crippen LogP contribution in [0.15, 0.2) is 42.7 Å². The van der Waals surface area contributed by atoms with Crippen LogP contribution in [0.1, 0.15) is 20.2 Å². The molecule has 0 saturated heterocycles. The summed E-state index contributed by atoms with van der Waals surface area (Å²) in [7, 11) is 0. The van der Waals surface area contributed by atoms with E-state index >= 15 is 0 Å². The minimum atomic E-state index is -4.53. The van der Waals surface area contributed by atoms with Gasteiger partial charge in [0.15, 0.2) is 5.01 Å². The molecular formula is C14H7F3N2OS. The Hall–Kier alpha value is -2.28. The standard InChI is InChI=1S/C14H7F3N2OS/c15-14(16,17)13-19-7-11(21-13)12(20)9-3-4-10-8(6-9)2-1-5-18-10/h1-7H. The lowest BCUT2D eigenvalue weighted by Gasteiger charge is -2.01. The van der Waals surface area contributed by atoms with Crippen LogP contribution < -0.4 is 0 Å². The Labute approximate surface area is 121 Å². The Kier molecular flexibility index (Phi) is 3.21. The fourth-order valence-corrected chi connectivity index (χ4v) is 2.61. The number of hydrogen-bond acceptors (Lipinski definition) is 4. The third-order valence-corrected chi connectivity index (χ3v) is 3.88. The molecule has 0 aliphatic rings. The van der Waals surface area contributed by atoms with E-state index in [0.29, 0.717) is 22.4 Å². The van der Waals surface area contributed by atoms with E-state index in [9.17, 15) is 18.0 Å². The molecule has 2 aromatic heterocycles. The van der Waals surface area contributed by atoms with Crippen molar-refractivity contribution in [2.24, 2.45) is 0 Å². The fraction of sp³-hybridized carbons (Fsp3) is 0.0714. The Morgan fingerprint density at radius 2 is 1.95 bits per heavy atom. The minimum absolute atomic E-state index is 0.0365. The smallest absolute Gasteiger partial charge is 0.288 e. The number of benzene rings is 1. The van der Waals surface area contributed by atoms with E-state index < -0.39 is 17.0 Å². The summed E-state index contributed by atoms with van der Waals surface area (Å²) in [6.07, 6.45) is -1.94. The summed E-state index contributed by atoms with van der Waals surface area (Å²) in [5, 5.41) is -0.266. The number of alkyl halides is 3. The first kappa shape index (κ1) is 13.7. The van der Waals surface area contributed by atoms with E-state index in [1.54, 1.807) is 36.5 Å². The highest BCUT2D eigenvalue weighted by Crippen LogP contribution is 2.33. The molecule has 3 rings (SSSR count). The zero-order valence-corrected chi connectivity index (χ0v) is 11.2. The molecule has 0 radical (unpaired) electrons. The second-order valence-corrected chi connectivity index (χ2v) is 5.30. The van der Waals surface area contributed by atoms with Crippen LogP contribution in [0.25, 0.3) is 10.9 Å². The van der Waals surface area contributed by atoms with Gasteiger partial charge in [0.2, 0.25) is 5.78 Å². The molecule has 3 nitrogen and oxygen atoms in total. The van der Waals surface area contributed by atoms with Gasteiger partial charge in [-0.3, -0.25) is 9.78 Å². The lowest BCUT2D eigenvalue weighted by molar-refractivity contribution is -0.137. The van der Waals surface area contributed by atoms with Gasteiger partial charge < -0.3 is 0 Å². The quantitative estimate of drug-likeness (QED) is 0.673. The minimum Gasteiger partial charge on any atom is -0.288 e. The van der Waals surface area contributed by atoms with Crippen molar-refractivity contribution in [3.05, 3.63) is 58.2 Å². The number of halogens is 3. The predicted octanol–water partition coefficient (Wildman–Crippen LogP) is 3.94. The molecule has 0 amide bonds. The normalized spacial score (nSPS) is 11.8. The summed E-state index contributed by atoms with van der Waals surface area (Å²) in [5.41, 5.74) is 1.03. The van der Waals surface area contributed by atoms with Gasteiger partial charge in [0.05, 0.1) is 10.4 Å². The summed E-state index contributed by atoms with van der Waals surface area (Å²) < 4.78 is 37.5. The molecule has 7 heteroatoms. The lowest BCUT2D eigenvalue weighted by Crippen LogP contribution is -2.03. The first-order chi connectivity index (χ1) is 9.95. The fourth-order valence-electron chi connectivity index (χ4n) is 1.87. The van der Waals surface area contributed by atoms with Crippen LogP contribution >= 0.6 is 11.3 Å². The molecule has 0 fully saturated rings. The van der Waals surface area contributed by atoms with Crippen molar-refractivity contribution in [2.45, 2.75) is 6.18 Å². The van der Waals surface area contributed by atoms with E-state index in [1.807, 2.05) is 0 Å². The molecule has 0 spiro atoms. The van der Waals surface area contributed by atoms with Crippen LogP contribution in [0.3, 0.4) is 0 Å². The summed E-state index contributed by atoms with van der Waals surface area (Å²) in [6, 6.07) is 8.33. The third kappa shape index (κ3) is 2.64. The molecule has 2 heterocycles. The van der Waals surface area contributed by atoms with Crippen LogP contribution in [0, 0.1) is 0 Å². The molecule has 0 saturated carbocycles. The Morgan fingerprint density at radius 3 is 2.67 bits per heavy atom. The number of aromatic nitrogens is 2. The highest BCUT2D eigenvalue weighted by atomic mass is 32.1. The van der Waals surface area contributed by atoms with Gasteiger partial charge in [-0.2, -0.15) is 13.2 Å². The van der Waals surface area contributed by atoms with E-state index in [1.165, 1.54) is 0 Å². The molecule has 106 valence electrons. The van der Waals surface area contributed by atoms with Crippen LogP contribution in [0.2, 0.25) is 0 Å². The van der Waals surface area contributed by atoms with E-state index in [4.69, 9.17) is 0 Å². The van der Waals surface area contributed by atoms with Gasteiger partial charge in [-0.25, -0.2) is 4.98 Å². The maximum absolute atomic E-state index is 12.5. The molecular weight excluding hydrogens is 301 g/mol. The maximum Gasteiger partial charge on any atom is 0.443 e. The second-order valence-electron chi connectivity index (χ2n) is 4.27. The molecule has 3 aromatic rings. The number of pyridine rings is 1. The number of rotatable bonds is 2. The van der Waals surface area contributed by atoms with Crippen molar-refractivity contribution in [1.29, 1.82) is 0 Å². The third-order valence-electron chi connectivity index (χ3n) is 2.84. The van der Waals surface area contributed by atoms with Gasteiger partial charge in [-0.1, -0.05) is 6.07 Å². The number of thiazole rings is 1. The Bertz CT molecular complexity index is 826. The number of fused-ring (bicyclic) bond motifs is 1. The SMILES string of the molecule is O=C(c1ccc2ncccc2c1)c1cnc(C(F)(F)F)s1. The first-order valence-corrected chi connectivity index (χ1v) is 6.69. The molecule has 0 aliphatic carbocycles. The Morgan fingerprint density at radius 1 is 1.14 bits per heavy atom. The van der Waals surface area contributed by atoms with Crippen molar-refractivity contribution in [3.63, 3.8) is 0 Å². The molecule has 0 aliphatic heterocycles. The summed E-state index contributed by atoms with van der Waals surface area (Å²) >= 11 is 0.347. The number of carbonyl (C=O) groups excluding carboxylic acids is 1. The average Bonchev–Trinajstić information content (AvgIpc) is 2.96. The summed E-state index contributed by atoms with van der Waals surface area (Å²) in [4.78, 5) is 19.6. The topological polar surface area (TPSA) is 42.9 Å². The molecule has 21 heavy (non-hydrogen) atoms.